The molecule has 1 N–H and O–H groups in total. The molecular weight excluding hydrogens is 281 g/mol. The summed E-state index contributed by atoms with van der Waals surface area (Å²) < 4.78 is 17.7. The van der Waals surface area contributed by atoms with Crippen LogP contribution < -0.4 is 0 Å². The predicted octanol–water partition coefficient (Wildman–Crippen LogP) is 2.32. The summed E-state index contributed by atoms with van der Waals surface area (Å²) in [6.45, 7) is 0. The van der Waals surface area contributed by atoms with Crippen molar-refractivity contribution in [2.45, 2.75) is 29.6 Å². The first kappa shape index (κ1) is 14.5. The second-order valence-electron chi connectivity index (χ2n) is 4.07. The van der Waals surface area contributed by atoms with E-state index in [2.05, 4.69) is 10.1 Å². The number of hydrogen-bond donors (Lipinski definition) is 1. The molecule has 0 saturated carbocycles. The second kappa shape index (κ2) is 7.03. The molecule has 2 aromatic rings. The quantitative estimate of drug-likeness (QED) is 0.823. The molecule has 0 aliphatic rings. The summed E-state index contributed by atoms with van der Waals surface area (Å²) in [5.41, 5.74) is 0. The van der Waals surface area contributed by atoms with Crippen molar-refractivity contribution in [2.24, 2.45) is 0 Å². The maximum Gasteiger partial charge on any atom is 0.229 e. The average Bonchev–Trinajstić information content (AvgIpc) is 2.86. The molecule has 1 aromatic heterocycles. The third-order valence-electron chi connectivity index (χ3n) is 2.43. The lowest BCUT2D eigenvalue weighted by Crippen LogP contribution is -2.09. The van der Waals surface area contributed by atoms with Crippen molar-refractivity contribution in [3.05, 3.63) is 41.8 Å². The van der Waals surface area contributed by atoms with Crippen LogP contribution in [-0.2, 0) is 12.2 Å². The minimum atomic E-state index is -0.793. The first-order chi connectivity index (χ1) is 9.67. The van der Waals surface area contributed by atoms with Gasteiger partial charge in [0, 0.05) is 4.90 Å². The highest BCUT2D eigenvalue weighted by Crippen LogP contribution is 2.21. The highest BCUT2D eigenvalue weighted by molar-refractivity contribution is 7.98. The Balaban J connectivity index is 1.86. The van der Waals surface area contributed by atoms with E-state index in [4.69, 9.17) is 9.78 Å². The fraction of sp³-hybridized carbons (Fsp3) is 0.308. The Morgan fingerprint density at radius 3 is 2.85 bits per heavy atom. The third-order valence-corrected chi connectivity index (χ3v) is 3.44. The Labute approximate surface area is 119 Å². The van der Waals surface area contributed by atoms with Crippen molar-refractivity contribution in [3.63, 3.8) is 0 Å². The summed E-state index contributed by atoms with van der Waals surface area (Å²) in [4.78, 5) is 5.03. The number of nitriles is 1. The van der Waals surface area contributed by atoms with Gasteiger partial charge in [-0.15, -0.1) is 11.8 Å². The molecule has 1 aromatic carbocycles. The van der Waals surface area contributed by atoms with Crippen LogP contribution >= 0.6 is 11.8 Å². The van der Waals surface area contributed by atoms with Crippen molar-refractivity contribution in [2.75, 3.05) is 0 Å². The molecular formula is C13H12FN3O2S. The van der Waals surface area contributed by atoms with Crippen LogP contribution in [0.1, 0.15) is 18.1 Å². The zero-order valence-electron chi connectivity index (χ0n) is 10.5. The van der Waals surface area contributed by atoms with Crippen LogP contribution in [0.15, 0.2) is 33.7 Å². The van der Waals surface area contributed by atoms with E-state index >= 15 is 0 Å². The Morgan fingerprint density at radius 1 is 1.40 bits per heavy atom. The summed E-state index contributed by atoms with van der Waals surface area (Å²) in [5, 5.41) is 21.7. The number of aliphatic hydroxyl groups is 1. The van der Waals surface area contributed by atoms with Gasteiger partial charge >= 0.3 is 0 Å². The Hall–Kier alpha value is -1.91. The van der Waals surface area contributed by atoms with E-state index in [0.29, 0.717) is 17.5 Å². The standard InChI is InChI=1S/C13H12FN3O2S/c14-9-1-3-11(4-2-9)20-8-12-16-13(19-17-12)7-10(18)5-6-15/h1-4,10,18H,5,7-8H2. The van der Waals surface area contributed by atoms with Crippen LogP contribution in [0.4, 0.5) is 4.39 Å². The van der Waals surface area contributed by atoms with Gasteiger partial charge in [0.05, 0.1) is 30.8 Å². The number of thioether (sulfide) groups is 1. The summed E-state index contributed by atoms with van der Waals surface area (Å²) in [5.74, 6) is 1.02. The van der Waals surface area contributed by atoms with Gasteiger partial charge in [0.15, 0.2) is 5.82 Å². The molecule has 0 saturated heterocycles. The molecule has 7 heteroatoms. The molecule has 0 aliphatic carbocycles. The van der Waals surface area contributed by atoms with E-state index in [1.165, 1.54) is 23.9 Å². The van der Waals surface area contributed by atoms with Gasteiger partial charge in [-0.2, -0.15) is 10.2 Å². The van der Waals surface area contributed by atoms with Gasteiger partial charge in [0.25, 0.3) is 0 Å². The monoisotopic (exact) mass is 293 g/mol. The Kier molecular flexibility index (Phi) is 5.09. The fourth-order valence-corrected chi connectivity index (χ4v) is 2.23. The zero-order chi connectivity index (χ0) is 14.4. The number of halogens is 1. The summed E-state index contributed by atoms with van der Waals surface area (Å²) >= 11 is 1.46. The van der Waals surface area contributed by atoms with E-state index < -0.39 is 6.10 Å². The lowest BCUT2D eigenvalue weighted by Gasteiger charge is -1.99. The minimum absolute atomic E-state index is 0.0298. The molecule has 0 spiro atoms. The molecule has 1 heterocycles. The summed E-state index contributed by atoms with van der Waals surface area (Å²) in [7, 11) is 0. The number of aliphatic hydroxyl groups excluding tert-OH is 1. The van der Waals surface area contributed by atoms with Crippen LogP contribution in [0.5, 0.6) is 0 Å². The molecule has 2 rings (SSSR count). The van der Waals surface area contributed by atoms with E-state index in [1.54, 1.807) is 12.1 Å². The summed E-state index contributed by atoms with van der Waals surface area (Å²) in [6, 6.07) is 8.01. The van der Waals surface area contributed by atoms with Crippen LogP contribution in [-0.4, -0.2) is 21.4 Å². The Morgan fingerprint density at radius 2 is 2.15 bits per heavy atom. The first-order valence-electron chi connectivity index (χ1n) is 5.92. The average molecular weight is 293 g/mol. The van der Waals surface area contributed by atoms with Gasteiger partial charge in [-0.3, -0.25) is 0 Å². The summed E-state index contributed by atoms with van der Waals surface area (Å²) in [6.07, 6.45) is -0.595. The normalized spacial score (nSPS) is 12.1. The highest BCUT2D eigenvalue weighted by atomic mass is 32.2. The molecule has 5 nitrogen and oxygen atoms in total. The van der Waals surface area contributed by atoms with Crippen LogP contribution in [0, 0.1) is 17.1 Å². The van der Waals surface area contributed by atoms with Crippen LogP contribution in [0.2, 0.25) is 0 Å². The van der Waals surface area contributed by atoms with Crippen LogP contribution in [0.3, 0.4) is 0 Å². The van der Waals surface area contributed by atoms with Gasteiger partial charge in [-0.05, 0) is 24.3 Å². The van der Waals surface area contributed by atoms with Gasteiger partial charge in [0.1, 0.15) is 5.82 Å². The molecule has 1 unspecified atom stereocenters. The molecule has 0 amide bonds. The van der Waals surface area contributed by atoms with E-state index in [9.17, 15) is 9.50 Å². The minimum Gasteiger partial charge on any atom is -0.392 e. The number of hydrogen-bond acceptors (Lipinski definition) is 6. The molecule has 0 fully saturated rings. The molecule has 1 atom stereocenters. The van der Waals surface area contributed by atoms with Crippen molar-refractivity contribution < 1.29 is 14.0 Å². The van der Waals surface area contributed by atoms with E-state index in [-0.39, 0.29) is 18.7 Å². The second-order valence-corrected chi connectivity index (χ2v) is 5.12. The number of aromatic nitrogens is 2. The van der Waals surface area contributed by atoms with E-state index in [0.717, 1.165) is 4.90 Å². The SMILES string of the molecule is N#CCC(O)Cc1nc(CSc2ccc(F)cc2)no1. The lowest BCUT2D eigenvalue weighted by molar-refractivity contribution is 0.167. The van der Waals surface area contributed by atoms with Crippen molar-refractivity contribution in [1.82, 2.24) is 10.1 Å². The molecule has 0 bridgehead atoms. The predicted molar refractivity (Wildman–Crippen MR) is 70.2 cm³/mol. The lowest BCUT2D eigenvalue weighted by atomic mass is 10.2. The van der Waals surface area contributed by atoms with Gasteiger partial charge < -0.3 is 9.63 Å². The molecule has 104 valence electrons. The Bertz CT molecular complexity index is 594. The third kappa shape index (κ3) is 4.33. The number of benzene rings is 1. The largest absolute Gasteiger partial charge is 0.392 e. The van der Waals surface area contributed by atoms with Crippen molar-refractivity contribution in [3.8, 4) is 6.07 Å². The molecule has 0 radical (unpaired) electrons. The fourth-order valence-electron chi connectivity index (χ4n) is 1.49. The zero-order valence-corrected chi connectivity index (χ0v) is 11.3. The maximum absolute atomic E-state index is 12.7. The maximum atomic E-state index is 12.7. The van der Waals surface area contributed by atoms with Crippen LogP contribution in [0.25, 0.3) is 0 Å². The molecule has 0 aliphatic heterocycles. The molecule has 20 heavy (non-hydrogen) atoms. The highest BCUT2D eigenvalue weighted by Gasteiger charge is 2.12. The van der Waals surface area contributed by atoms with Crippen molar-refractivity contribution in [1.29, 1.82) is 5.26 Å². The van der Waals surface area contributed by atoms with E-state index in [1.807, 2.05) is 6.07 Å². The van der Waals surface area contributed by atoms with Gasteiger partial charge in [0.2, 0.25) is 5.89 Å². The first-order valence-corrected chi connectivity index (χ1v) is 6.91. The van der Waals surface area contributed by atoms with Gasteiger partial charge in [-0.25, -0.2) is 4.39 Å². The number of rotatable bonds is 6. The van der Waals surface area contributed by atoms with Crippen molar-refractivity contribution >= 4 is 11.8 Å². The topological polar surface area (TPSA) is 82.9 Å². The van der Waals surface area contributed by atoms with Gasteiger partial charge in [-0.1, -0.05) is 5.16 Å². The number of nitrogens with zero attached hydrogens (tertiary/aromatic N) is 3. The smallest absolute Gasteiger partial charge is 0.229 e.